The van der Waals surface area contributed by atoms with Crippen LogP contribution in [0.3, 0.4) is 0 Å². The molecule has 2 aromatic rings. The molecule has 0 saturated heterocycles. The molecule has 0 N–H and O–H groups in total. The minimum absolute atomic E-state index is 0.290. The zero-order valence-electron chi connectivity index (χ0n) is 8.13. The van der Waals surface area contributed by atoms with Gasteiger partial charge >= 0.3 is 0 Å². The van der Waals surface area contributed by atoms with Gasteiger partial charge in [-0.1, -0.05) is 6.07 Å². The van der Waals surface area contributed by atoms with Gasteiger partial charge in [0.2, 0.25) is 5.89 Å². The molecule has 0 aliphatic rings. The van der Waals surface area contributed by atoms with Crippen LogP contribution < -0.4 is 0 Å². The summed E-state index contributed by atoms with van der Waals surface area (Å²) >= 11 is 5.60. The summed E-state index contributed by atoms with van der Waals surface area (Å²) in [5.74, 6) is 0.390. The molecule has 0 bridgehead atoms. The number of aryl methyl sites for hydroxylation is 1. The van der Waals surface area contributed by atoms with Crippen molar-refractivity contribution in [3.05, 3.63) is 41.5 Å². The fraction of sp³-hybridized carbons (Fsp3) is 0.182. The Hall–Kier alpha value is -1.35. The van der Waals surface area contributed by atoms with Gasteiger partial charge in [0.25, 0.3) is 0 Å². The van der Waals surface area contributed by atoms with E-state index in [0.717, 1.165) is 5.56 Å². The maximum Gasteiger partial charge on any atom is 0.226 e. The summed E-state index contributed by atoms with van der Waals surface area (Å²) in [5.41, 5.74) is 2.22. The zero-order valence-corrected chi connectivity index (χ0v) is 8.88. The maximum atomic E-state index is 13.0. The monoisotopic (exact) mass is 225 g/mol. The number of rotatable bonds is 2. The highest BCUT2D eigenvalue weighted by molar-refractivity contribution is 6.16. The van der Waals surface area contributed by atoms with E-state index in [2.05, 4.69) is 4.98 Å². The van der Waals surface area contributed by atoms with E-state index in [1.54, 1.807) is 6.07 Å². The smallest absolute Gasteiger partial charge is 0.226 e. The molecule has 1 aromatic carbocycles. The molecule has 0 atom stereocenters. The average Bonchev–Trinajstić information content (AvgIpc) is 2.70. The van der Waals surface area contributed by atoms with E-state index < -0.39 is 0 Å². The Balaban J connectivity index is 2.48. The Bertz CT molecular complexity index is 481. The SMILES string of the molecule is Cc1ccc(F)cc1-c1nc(CCl)co1. The highest BCUT2D eigenvalue weighted by Crippen LogP contribution is 2.23. The van der Waals surface area contributed by atoms with Crippen molar-refractivity contribution in [3.63, 3.8) is 0 Å². The number of hydrogen-bond acceptors (Lipinski definition) is 2. The second-order valence-electron chi connectivity index (χ2n) is 3.24. The van der Waals surface area contributed by atoms with Gasteiger partial charge < -0.3 is 4.42 Å². The van der Waals surface area contributed by atoms with Gasteiger partial charge in [-0.3, -0.25) is 0 Å². The van der Waals surface area contributed by atoms with Gasteiger partial charge in [0.1, 0.15) is 12.1 Å². The molecule has 1 heterocycles. The molecule has 0 fully saturated rings. The van der Waals surface area contributed by atoms with E-state index in [-0.39, 0.29) is 11.7 Å². The van der Waals surface area contributed by atoms with Crippen molar-refractivity contribution in [1.29, 1.82) is 0 Å². The zero-order chi connectivity index (χ0) is 10.8. The summed E-state index contributed by atoms with van der Waals surface area (Å²) < 4.78 is 18.2. The van der Waals surface area contributed by atoms with Gasteiger partial charge in [0.05, 0.1) is 11.6 Å². The molecule has 1 aromatic heterocycles. The Morgan fingerprint density at radius 3 is 2.93 bits per heavy atom. The minimum atomic E-state index is -0.304. The third-order valence-electron chi connectivity index (χ3n) is 2.12. The Labute approximate surface area is 91.7 Å². The van der Waals surface area contributed by atoms with Gasteiger partial charge in [0.15, 0.2) is 0 Å². The number of benzene rings is 1. The second-order valence-corrected chi connectivity index (χ2v) is 3.50. The number of halogens is 2. The van der Waals surface area contributed by atoms with Crippen molar-refractivity contribution in [1.82, 2.24) is 4.98 Å². The highest BCUT2D eigenvalue weighted by Gasteiger charge is 2.09. The number of alkyl halides is 1. The first-order valence-corrected chi connectivity index (χ1v) is 5.01. The Morgan fingerprint density at radius 2 is 2.27 bits per heavy atom. The van der Waals surface area contributed by atoms with Crippen molar-refractivity contribution in [3.8, 4) is 11.5 Å². The predicted octanol–water partition coefficient (Wildman–Crippen LogP) is 3.53. The molecule has 78 valence electrons. The number of hydrogen-bond donors (Lipinski definition) is 0. The lowest BCUT2D eigenvalue weighted by Crippen LogP contribution is -1.86. The van der Waals surface area contributed by atoms with E-state index in [4.69, 9.17) is 16.0 Å². The summed E-state index contributed by atoms with van der Waals surface area (Å²) in [6.45, 7) is 1.87. The highest BCUT2D eigenvalue weighted by atomic mass is 35.5. The van der Waals surface area contributed by atoms with Crippen LogP contribution in [-0.2, 0) is 5.88 Å². The van der Waals surface area contributed by atoms with Crippen molar-refractivity contribution in [2.24, 2.45) is 0 Å². The van der Waals surface area contributed by atoms with E-state index in [1.165, 1.54) is 18.4 Å². The molecule has 0 unspecified atom stereocenters. The van der Waals surface area contributed by atoms with Gasteiger partial charge in [-0.2, -0.15) is 0 Å². The van der Waals surface area contributed by atoms with E-state index in [1.807, 2.05) is 6.92 Å². The first-order valence-electron chi connectivity index (χ1n) is 4.47. The van der Waals surface area contributed by atoms with E-state index >= 15 is 0 Å². The van der Waals surface area contributed by atoms with Crippen molar-refractivity contribution in [2.45, 2.75) is 12.8 Å². The molecule has 0 amide bonds. The third-order valence-corrected chi connectivity index (χ3v) is 2.39. The molecule has 2 rings (SSSR count). The lowest BCUT2D eigenvalue weighted by atomic mass is 10.1. The fourth-order valence-corrected chi connectivity index (χ4v) is 1.44. The van der Waals surface area contributed by atoms with Crippen molar-refractivity contribution >= 4 is 11.6 Å². The summed E-state index contributed by atoms with van der Waals surface area (Å²) in [4.78, 5) is 4.14. The van der Waals surface area contributed by atoms with Crippen molar-refractivity contribution < 1.29 is 8.81 Å². The number of nitrogens with zero attached hydrogens (tertiary/aromatic N) is 1. The first-order chi connectivity index (χ1) is 7.20. The van der Waals surface area contributed by atoms with Gasteiger partial charge in [-0.15, -0.1) is 11.6 Å². The number of oxazole rings is 1. The normalized spacial score (nSPS) is 10.6. The van der Waals surface area contributed by atoms with Crippen LogP contribution in [0.15, 0.2) is 28.9 Å². The lowest BCUT2D eigenvalue weighted by Gasteiger charge is -2.00. The van der Waals surface area contributed by atoms with Crippen LogP contribution in [0.2, 0.25) is 0 Å². The molecule has 2 nitrogen and oxygen atoms in total. The van der Waals surface area contributed by atoms with Crippen LogP contribution in [-0.4, -0.2) is 4.98 Å². The molecule has 0 radical (unpaired) electrons. The molecule has 4 heteroatoms. The molecular formula is C11H9ClFNO. The molecule has 0 aliphatic heterocycles. The Morgan fingerprint density at radius 1 is 1.47 bits per heavy atom. The summed E-state index contributed by atoms with van der Waals surface area (Å²) in [5, 5.41) is 0. The molecule has 0 spiro atoms. The third kappa shape index (κ3) is 2.02. The van der Waals surface area contributed by atoms with Crippen LogP contribution in [0.25, 0.3) is 11.5 Å². The van der Waals surface area contributed by atoms with Gasteiger partial charge in [-0.05, 0) is 24.6 Å². The molecular weight excluding hydrogens is 217 g/mol. The van der Waals surface area contributed by atoms with E-state index in [0.29, 0.717) is 17.1 Å². The van der Waals surface area contributed by atoms with E-state index in [9.17, 15) is 4.39 Å². The maximum absolute atomic E-state index is 13.0. The fourth-order valence-electron chi connectivity index (χ4n) is 1.32. The van der Waals surface area contributed by atoms with Crippen LogP contribution in [0.1, 0.15) is 11.3 Å². The second kappa shape index (κ2) is 4.03. The van der Waals surface area contributed by atoms with Gasteiger partial charge in [-0.25, -0.2) is 9.37 Å². The lowest BCUT2D eigenvalue weighted by molar-refractivity contribution is 0.570. The summed E-state index contributed by atoms with van der Waals surface area (Å²) in [7, 11) is 0. The molecule has 15 heavy (non-hydrogen) atoms. The average molecular weight is 226 g/mol. The van der Waals surface area contributed by atoms with Crippen LogP contribution in [0.5, 0.6) is 0 Å². The largest absolute Gasteiger partial charge is 0.444 e. The number of aromatic nitrogens is 1. The van der Waals surface area contributed by atoms with Crippen LogP contribution >= 0.6 is 11.6 Å². The van der Waals surface area contributed by atoms with Crippen LogP contribution in [0, 0.1) is 12.7 Å². The molecule has 0 aliphatic carbocycles. The van der Waals surface area contributed by atoms with Crippen molar-refractivity contribution in [2.75, 3.05) is 0 Å². The topological polar surface area (TPSA) is 26.0 Å². The summed E-state index contributed by atoms with van der Waals surface area (Å²) in [6, 6.07) is 4.50. The molecule has 0 saturated carbocycles. The summed E-state index contributed by atoms with van der Waals surface area (Å²) in [6.07, 6.45) is 1.48. The Kier molecular flexibility index (Phi) is 2.73. The first kappa shape index (κ1) is 10.2. The predicted molar refractivity (Wildman–Crippen MR) is 56.2 cm³/mol. The van der Waals surface area contributed by atoms with Crippen LogP contribution in [0.4, 0.5) is 4.39 Å². The minimum Gasteiger partial charge on any atom is -0.444 e. The quantitative estimate of drug-likeness (QED) is 0.731. The van der Waals surface area contributed by atoms with Gasteiger partial charge in [0, 0.05) is 5.56 Å². The standard InChI is InChI=1S/C11H9ClFNO/c1-7-2-3-8(13)4-10(7)11-14-9(5-12)6-15-11/h2-4,6H,5H2,1H3.